The van der Waals surface area contributed by atoms with Crippen LogP contribution < -0.4 is 5.32 Å². The minimum absolute atomic E-state index is 0.765. The average Bonchev–Trinajstić information content (AvgIpc) is 3.09. The molecule has 5 heteroatoms. The lowest BCUT2D eigenvalue weighted by Crippen LogP contribution is -2.24. The fourth-order valence-electron chi connectivity index (χ4n) is 3.14. The second-order valence-corrected chi connectivity index (χ2v) is 6.96. The Balaban J connectivity index is 1.43. The van der Waals surface area contributed by atoms with E-state index in [1.807, 2.05) is 0 Å². The predicted octanol–water partition coefficient (Wildman–Crippen LogP) is 2.90. The van der Waals surface area contributed by atoms with Gasteiger partial charge in [-0.05, 0) is 49.6 Å². The van der Waals surface area contributed by atoms with Crippen LogP contribution in [0.4, 0.5) is 5.82 Å². The lowest BCUT2D eigenvalue weighted by atomic mass is 10.1. The summed E-state index contributed by atoms with van der Waals surface area (Å²) in [6, 6.07) is 0.908. The normalized spacial score (nSPS) is 23.6. The van der Waals surface area contributed by atoms with Gasteiger partial charge < -0.3 is 10.2 Å². The average molecular weight is 288 g/mol. The van der Waals surface area contributed by atoms with Gasteiger partial charge in [0.2, 0.25) is 0 Å². The number of hydrogen-bond acceptors (Lipinski definition) is 5. The van der Waals surface area contributed by atoms with Gasteiger partial charge in [-0.1, -0.05) is 0 Å². The third-order valence-electron chi connectivity index (χ3n) is 4.47. The number of aryl methyl sites for hydroxylation is 1. The standard InChI is InChI=1S/C15H20N4S/c1-10-8-20-14-13(10)17-9-18-15(14)16-6-11-4-5-19(7-11)12-2-3-12/h8-9,11-12H,2-7H2,1H3,(H,16,17,18). The van der Waals surface area contributed by atoms with Crippen molar-refractivity contribution in [3.8, 4) is 0 Å². The number of thiophene rings is 1. The van der Waals surface area contributed by atoms with Crippen molar-refractivity contribution in [1.29, 1.82) is 0 Å². The highest BCUT2D eigenvalue weighted by molar-refractivity contribution is 7.18. The molecule has 0 bridgehead atoms. The number of anilines is 1. The number of nitrogens with zero attached hydrogens (tertiary/aromatic N) is 3. The molecule has 1 saturated heterocycles. The molecular formula is C15H20N4S. The van der Waals surface area contributed by atoms with E-state index in [1.165, 1.54) is 42.6 Å². The number of aromatic nitrogens is 2. The summed E-state index contributed by atoms with van der Waals surface area (Å²) in [6.07, 6.45) is 5.83. The van der Waals surface area contributed by atoms with Gasteiger partial charge in [-0.2, -0.15) is 0 Å². The largest absolute Gasteiger partial charge is 0.368 e. The van der Waals surface area contributed by atoms with E-state index < -0.39 is 0 Å². The second-order valence-electron chi connectivity index (χ2n) is 6.08. The molecule has 2 fully saturated rings. The highest BCUT2D eigenvalue weighted by Crippen LogP contribution is 2.32. The van der Waals surface area contributed by atoms with Crippen molar-refractivity contribution in [1.82, 2.24) is 14.9 Å². The van der Waals surface area contributed by atoms with Crippen LogP contribution in [-0.4, -0.2) is 40.5 Å². The molecule has 2 aliphatic rings. The van der Waals surface area contributed by atoms with Gasteiger partial charge >= 0.3 is 0 Å². The van der Waals surface area contributed by atoms with E-state index >= 15 is 0 Å². The molecule has 0 aromatic carbocycles. The summed E-state index contributed by atoms with van der Waals surface area (Å²) >= 11 is 1.74. The molecule has 0 spiro atoms. The molecule has 1 aliphatic carbocycles. The van der Waals surface area contributed by atoms with Crippen molar-refractivity contribution in [2.75, 3.05) is 25.0 Å². The summed E-state index contributed by atoms with van der Waals surface area (Å²) in [5.41, 5.74) is 2.34. The number of nitrogens with one attached hydrogen (secondary N) is 1. The van der Waals surface area contributed by atoms with Crippen LogP contribution in [0.3, 0.4) is 0 Å². The molecule has 3 heterocycles. The van der Waals surface area contributed by atoms with Gasteiger partial charge in [0.05, 0.1) is 10.2 Å². The number of likely N-dealkylation sites (tertiary alicyclic amines) is 1. The molecule has 106 valence electrons. The third-order valence-corrected chi connectivity index (χ3v) is 5.56. The van der Waals surface area contributed by atoms with Crippen LogP contribution in [0.5, 0.6) is 0 Å². The van der Waals surface area contributed by atoms with Crippen LogP contribution in [0, 0.1) is 12.8 Å². The molecule has 0 amide bonds. The van der Waals surface area contributed by atoms with Crippen molar-refractivity contribution < 1.29 is 0 Å². The maximum absolute atomic E-state index is 4.42. The van der Waals surface area contributed by atoms with Crippen LogP contribution in [0.25, 0.3) is 10.2 Å². The Morgan fingerprint density at radius 2 is 2.25 bits per heavy atom. The van der Waals surface area contributed by atoms with E-state index in [1.54, 1.807) is 17.7 Å². The highest BCUT2D eigenvalue weighted by atomic mass is 32.1. The number of fused-ring (bicyclic) bond motifs is 1. The fraction of sp³-hybridized carbons (Fsp3) is 0.600. The quantitative estimate of drug-likeness (QED) is 0.939. The summed E-state index contributed by atoms with van der Waals surface area (Å²) in [7, 11) is 0. The smallest absolute Gasteiger partial charge is 0.147 e. The summed E-state index contributed by atoms with van der Waals surface area (Å²) < 4.78 is 1.20. The van der Waals surface area contributed by atoms with Crippen LogP contribution in [-0.2, 0) is 0 Å². The second kappa shape index (κ2) is 4.97. The van der Waals surface area contributed by atoms with E-state index in [0.29, 0.717) is 0 Å². The molecule has 4 rings (SSSR count). The fourth-order valence-corrected chi connectivity index (χ4v) is 4.10. The molecule has 0 radical (unpaired) electrons. The predicted molar refractivity (Wildman–Crippen MR) is 83.3 cm³/mol. The van der Waals surface area contributed by atoms with Crippen molar-refractivity contribution in [3.05, 3.63) is 17.3 Å². The van der Waals surface area contributed by atoms with E-state index in [-0.39, 0.29) is 0 Å². The molecular weight excluding hydrogens is 268 g/mol. The Labute approximate surface area is 123 Å². The van der Waals surface area contributed by atoms with Gasteiger partial charge in [0.1, 0.15) is 12.1 Å². The minimum Gasteiger partial charge on any atom is -0.368 e. The van der Waals surface area contributed by atoms with Crippen LogP contribution in [0.15, 0.2) is 11.7 Å². The molecule has 1 unspecified atom stereocenters. The Kier molecular flexibility index (Phi) is 3.11. The topological polar surface area (TPSA) is 41.0 Å². The van der Waals surface area contributed by atoms with E-state index in [4.69, 9.17) is 0 Å². The summed E-state index contributed by atoms with van der Waals surface area (Å²) in [6.45, 7) is 5.69. The Bertz CT molecular complexity index is 619. The zero-order chi connectivity index (χ0) is 13.5. The maximum Gasteiger partial charge on any atom is 0.147 e. The molecule has 20 heavy (non-hydrogen) atoms. The molecule has 1 saturated carbocycles. The van der Waals surface area contributed by atoms with Gasteiger partial charge in [-0.25, -0.2) is 9.97 Å². The minimum atomic E-state index is 0.765. The summed E-state index contributed by atoms with van der Waals surface area (Å²) in [5, 5.41) is 5.72. The highest BCUT2D eigenvalue weighted by Gasteiger charge is 2.34. The van der Waals surface area contributed by atoms with E-state index in [9.17, 15) is 0 Å². The van der Waals surface area contributed by atoms with Gasteiger partial charge in [-0.3, -0.25) is 0 Å². The van der Waals surface area contributed by atoms with E-state index in [2.05, 4.69) is 32.5 Å². The lowest BCUT2D eigenvalue weighted by molar-refractivity contribution is 0.316. The molecule has 2 aromatic heterocycles. The van der Waals surface area contributed by atoms with Gasteiger partial charge in [0.15, 0.2) is 0 Å². The van der Waals surface area contributed by atoms with Crippen molar-refractivity contribution in [2.24, 2.45) is 5.92 Å². The summed E-state index contributed by atoms with van der Waals surface area (Å²) in [5.74, 6) is 1.78. The van der Waals surface area contributed by atoms with Gasteiger partial charge in [-0.15, -0.1) is 11.3 Å². The first-order chi connectivity index (χ1) is 9.81. The van der Waals surface area contributed by atoms with Crippen LogP contribution >= 0.6 is 11.3 Å². The zero-order valence-corrected chi connectivity index (χ0v) is 12.6. The first kappa shape index (κ1) is 12.5. The van der Waals surface area contributed by atoms with E-state index in [0.717, 1.165) is 29.8 Å². The third kappa shape index (κ3) is 2.29. The zero-order valence-electron chi connectivity index (χ0n) is 11.8. The Morgan fingerprint density at radius 1 is 1.35 bits per heavy atom. The van der Waals surface area contributed by atoms with Crippen molar-refractivity contribution in [2.45, 2.75) is 32.2 Å². The molecule has 1 aliphatic heterocycles. The molecule has 2 aromatic rings. The Hall–Kier alpha value is -1.20. The molecule has 1 atom stereocenters. The number of rotatable bonds is 4. The first-order valence-corrected chi connectivity index (χ1v) is 8.36. The summed E-state index contributed by atoms with van der Waals surface area (Å²) in [4.78, 5) is 11.5. The molecule has 1 N–H and O–H groups in total. The van der Waals surface area contributed by atoms with Crippen LogP contribution in [0.2, 0.25) is 0 Å². The Morgan fingerprint density at radius 3 is 3.10 bits per heavy atom. The van der Waals surface area contributed by atoms with Crippen LogP contribution in [0.1, 0.15) is 24.8 Å². The molecule has 4 nitrogen and oxygen atoms in total. The monoisotopic (exact) mass is 288 g/mol. The maximum atomic E-state index is 4.42. The van der Waals surface area contributed by atoms with Gasteiger partial charge in [0.25, 0.3) is 0 Å². The number of hydrogen-bond donors (Lipinski definition) is 1. The van der Waals surface area contributed by atoms with Crippen molar-refractivity contribution in [3.63, 3.8) is 0 Å². The van der Waals surface area contributed by atoms with Crippen molar-refractivity contribution >= 4 is 27.4 Å². The van der Waals surface area contributed by atoms with Gasteiger partial charge in [0, 0.05) is 19.1 Å². The first-order valence-electron chi connectivity index (χ1n) is 7.48. The lowest BCUT2D eigenvalue weighted by Gasteiger charge is -2.15. The SMILES string of the molecule is Cc1csc2c(NCC3CCN(C4CC4)C3)ncnc12.